The second-order valence-electron chi connectivity index (χ2n) is 4.56. The molecule has 5 heteroatoms. The first-order chi connectivity index (χ1) is 8.65. The highest BCUT2D eigenvalue weighted by molar-refractivity contribution is 7.15. The zero-order valence-electron chi connectivity index (χ0n) is 10.4. The fourth-order valence-electron chi connectivity index (χ4n) is 2.27. The largest absolute Gasteiger partial charge is 0.383 e. The Labute approximate surface area is 110 Å². The van der Waals surface area contributed by atoms with Gasteiger partial charge in [0, 0.05) is 12.6 Å². The molecule has 0 radical (unpaired) electrons. The van der Waals surface area contributed by atoms with Crippen molar-refractivity contribution in [3.63, 3.8) is 0 Å². The number of nitrogens with zero attached hydrogens (tertiary/aromatic N) is 2. The lowest BCUT2D eigenvalue weighted by Gasteiger charge is -2.23. The topological polar surface area (TPSA) is 61.0 Å². The van der Waals surface area contributed by atoms with Gasteiger partial charge in [0.25, 0.3) is 0 Å². The minimum atomic E-state index is 0.118. The second-order valence-corrected chi connectivity index (χ2v) is 5.59. The number of rotatable bonds is 1. The first-order valence-corrected chi connectivity index (χ1v) is 6.82. The van der Waals surface area contributed by atoms with Gasteiger partial charge in [-0.2, -0.15) is 0 Å². The Hall–Kier alpha value is -1.46. The summed E-state index contributed by atoms with van der Waals surface area (Å²) in [5.74, 6) is 0.533. The van der Waals surface area contributed by atoms with E-state index in [1.165, 1.54) is 4.88 Å². The number of ether oxygens (including phenoxy) is 1. The number of pyridine rings is 1. The highest BCUT2D eigenvalue weighted by Gasteiger charge is 2.26. The van der Waals surface area contributed by atoms with Gasteiger partial charge in [0.2, 0.25) is 0 Å². The predicted octanol–water partition coefficient (Wildman–Crippen LogP) is 2.81. The second kappa shape index (κ2) is 4.33. The molecule has 2 N–H and O–H groups in total. The fraction of sp³-hybridized carbons (Fsp3) is 0.385. The van der Waals surface area contributed by atoms with E-state index in [-0.39, 0.29) is 12.2 Å². The van der Waals surface area contributed by atoms with Gasteiger partial charge >= 0.3 is 0 Å². The normalized spacial score (nSPS) is 22.8. The van der Waals surface area contributed by atoms with E-state index in [0.29, 0.717) is 5.82 Å². The summed E-state index contributed by atoms with van der Waals surface area (Å²) in [5.41, 5.74) is 7.95. The van der Waals surface area contributed by atoms with Gasteiger partial charge in [-0.05, 0) is 26.0 Å². The van der Waals surface area contributed by atoms with Crippen molar-refractivity contribution in [2.75, 3.05) is 5.73 Å². The average molecular weight is 261 g/mol. The summed E-state index contributed by atoms with van der Waals surface area (Å²) in [7, 11) is 0. The Morgan fingerprint density at radius 3 is 3.06 bits per heavy atom. The van der Waals surface area contributed by atoms with E-state index in [1.54, 1.807) is 17.5 Å². The van der Waals surface area contributed by atoms with Crippen LogP contribution in [0, 0.1) is 0 Å². The first-order valence-electron chi connectivity index (χ1n) is 6.01. The van der Waals surface area contributed by atoms with Gasteiger partial charge in [-0.25, -0.2) is 9.97 Å². The highest BCUT2D eigenvalue weighted by Crippen LogP contribution is 2.38. The number of fused-ring (bicyclic) bond motifs is 1. The number of hydrogen-bond donors (Lipinski definition) is 1. The molecule has 3 heterocycles. The van der Waals surface area contributed by atoms with Gasteiger partial charge in [-0.1, -0.05) is 0 Å². The number of anilines is 1. The van der Waals surface area contributed by atoms with E-state index in [0.717, 1.165) is 22.7 Å². The van der Waals surface area contributed by atoms with Crippen LogP contribution in [0.5, 0.6) is 0 Å². The van der Waals surface area contributed by atoms with Crippen LogP contribution in [-0.4, -0.2) is 16.1 Å². The van der Waals surface area contributed by atoms with Crippen molar-refractivity contribution in [2.45, 2.75) is 32.5 Å². The summed E-state index contributed by atoms with van der Waals surface area (Å²) in [6.45, 7) is 4.15. The highest BCUT2D eigenvalue weighted by atomic mass is 32.1. The molecule has 94 valence electrons. The maximum Gasteiger partial charge on any atom is 0.133 e. The van der Waals surface area contributed by atoms with Crippen LogP contribution in [0.15, 0.2) is 18.3 Å². The van der Waals surface area contributed by atoms with Crippen molar-refractivity contribution in [1.29, 1.82) is 0 Å². The minimum Gasteiger partial charge on any atom is -0.383 e. The third kappa shape index (κ3) is 1.89. The molecule has 4 nitrogen and oxygen atoms in total. The Morgan fingerprint density at radius 1 is 1.44 bits per heavy atom. The first kappa shape index (κ1) is 11.6. The third-order valence-electron chi connectivity index (χ3n) is 3.08. The molecule has 0 amide bonds. The van der Waals surface area contributed by atoms with Gasteiger partial charge in [-0.3, -0.25) is 0 Å². The van der Waals surface area contributed by atoms with Crippen LogP contribution in [0.4, 0.5) is 5.82 Å². The van der Waals surface area contributed by atoms with Crippen molar-refractivity contribution >= 4 is 17.2 Å². The Bertz CT molecular complexity index is 581. The maximum atomic E-state index is 5.90. The Kier molecular flexibility index (Phi) is 2.80. The maximum absolute atomic E-state index is 5.90. The average Bonchev–Trinajstić information content (AvgIpc) is 2.73. The van der Waals surface area contributed by atoms with Crippen molar-refractivity contribution in [3.05, 3.63) is 28.9 Å². The molecule has 2 unspecified atom stereocenters. The molecule has 2 aromatic rings. The monoisotopic (exact) mass is 261 g/mol. The van der Waals surface area contributed by atoms with Crippen LogP contribution >= 0.6 is 11.3 Å². The van der Waals surface area contributed by atoms with Crippen LogP contribution < -0.4 is 5.73 Å². The van der Waals surface area contributed by atoms with Crippen LogP contribution in [-0.2, 0) is 11.2 Å². The van der Waals surface area contributed by atoms with E-state index in [1.807, 2.05) is 12.1 Å². The van der Waals surface area contributed by atoms with Gasteiger partial charge in [0.1, 0.15) is 10.8 Å². The summed E-state index contributed by atoms with van der Waals surface area (Å²) in [4.78, 5) is 10.0. The molecule has 18 heavy (non-hydrogen) atoms. The third-order valence-corrected chi connectivity index (χ3v) is 4.37. The standard InChI is InChI=1S/C13H15N3OS/c1-7-6-10-11(8(2)17-7)18-13(16-10)9-4-3-5-15-12(9)14/h3-5,7-8H,6H2,1-2H3,(H2,14,15). The molecular formula is C13H15N3OS. The van der Waals surface area contributed by atoms with E-state index >= 15 is 0 Å². The van der Waals surface area contributed by atoms with Gasteiger partial charge in [0.05, 0.1) is 28.3 Å². The van der Waals surface area contributed by atoms with Crippen molar-refractivity contribution in [1.82, 2.24) is 9.97 Å². The van der Waals surface area contributed by atoms with Gasteiger partial charge in [-0.15, -0.1) is 11.3 Å². The smallest absolute Gasteiger partial charge is 0.133 e. The summed E-state index contributed by atoms with van der Waals surface area (Å²) in [6.07, 6.45) is 2.91. The lowest BCUT2D eigenvalue weighted by atomic mass is 10.1. The summed E-state index contributed by atoms with van der Waals surface area (Å²) in [5, 5.41) is 0.940. The zero-order chi connectivity index (χ0) is 12.7. The molecule has 2 aromatic heterocycles. The summed E-state index contributed by atoms with van der Waals surface area (Å²) < 4.78 is 5.82. The van der Waals surface area contributed by atoms with Crippen molar-refractivity contribution in [3.8, 4) is 10.6 Å². The van der Waals surface area contributed by atoms with Gasteiger partial charge in [0.15, 0.2) is 0 Å². The molecule has 0 saturated carbocycles. The van der Waals surface area contributed by atoms with E-state index < -0.39 is 0 Å². The van der Waals surface area contributed by atoms with Crippen LogP contribution in [0.3, 0.4) is 0 Å². The molecule has 0 bridgehead atoms. The quantitative estimate of drug-likeness (QED) is 0.857. The number of aromatic nitrogens is 2. The number of thiazole rings is 1. The van der Waals surface area contributed by atoms with Crippen molar-refractivity contribution in [2.24, 2.45) is 0 Å². The molecule has 3 rings (SSSR count). The van der Waals surface area contributed by atoms with Crippen LogP contribution in [0.1, 0.15) is 30.5 Å². The molecule has 1 aliphatic heterocycles. The lowest BCUT2D eigenvalue weighted by molar-refractivity contribution is -0.00316. The van der Waals surface area contributed by atoms with E-state index in [2.05, 4.69) is 18.8 Å². The molecule has 0 aromatic carbocycles. The molecule has 0 fully saturated rings. The molecule has 0 spiro atoms. The Morgan fingerprint density at radius 2 is 2.28 bits per heavy atom. The Balaban J connectivity index is 2.06. The number of nitrogen functional groups attached to an aromatic ring is 1. The van der Waals surface area contributed by atoms with E-state index in [4.69, 9.17) is 15.5 Å². The molecule has 2 atom stereocenters. The van der Waals surface area contributed by atoms with Crippen LogP contribution in [0.25, 0.3) is 10.6 Å². The zero-order valence-corrected chi connectivity index (χ0v) is 11.2. The fourth-order valence-corrected chi connectivity index (χ4v) is 3.39. The molecule has 0 aliphatic carbocycles. The summed E-state index contributed by atoms with van der Waals surface area (Å²) >= 11 is 1.66. The number of nitrogens with two attached hydrogens (primary N) is 1. The lowest BCUT2D eigenvalue weighted by Crippen LogP contribution is -2.20. The molecular weight excluding hydrogens is 246 g/mol. The van der Waals surface area contributed by atoms with Gasteiger partial charge < -0.3 is 10.5 Å². The van der Waals surface area contributed by atoms with Crippen molar-refractivity contribution < 1.29 is 4.74 Å². The van der Waals surface area contributed by atoms with E-state index in [9.17, 15) is 0 Å². The number of hydrogen-bond acceptors (Lipinski definition) is 5. The molecule has 1 aliphatic rings. The molecule has 0 saturated heterocycles. The summed E-state index contributed by atoms with van der Waals surface area (Å²) in [6, 6.07) is 3.84. The van der Waals surface area contributed by atoms with Crippen LogP contribution in [0.2, 0.25) is 0 Å². The predicted molar refractivity (Wildman–Crippen MR) is 72.4 cm³/mol. The SMILES string of the molecule is CC1Cc2nc(-c3cccnc3N)sc2C(C)O1. The minimum absolute atomic E-state index is 0.118.